The van der Waals surface area contributed by atoms with Crippen LogP contribution in [0.25, 0.3) is 11.0 Å². The van der Waals surface area contributed by atoms with Gasteiger partial charge in [0, 0.05) is 15.9 Å². The first-order valence-corrected chi connectivity index (χ1v) is 10.6. The van der Waals surface area contributed by atoms with Gasteiger partial charge in [0.25, 0.3) is 5.91 Å². The second kappa shape index (κ2) is 9.20. The molecule has 1 aromatic heterocycles. The van der Waals surface area contributed by atoms with E-state index in [0.717, 1.165) is 10.0 Å². The van der Waals surface area contributed by atoms with Gasteiger partial charge in [0.05, 0.1) is 11.6 Å². The zero-order valence-electron chi connectivity index (χ0n) is 17.0. The van der Waals surface area contributed by atoms with Crippen molar-refractivity contribution in [2.24, 2.45) is 0 Å². The van der Waals surface area contributed by atoms with E-state index < -0.39 is 17.5 Å². The summed E-state index contributed by atoms with van der Waals surface area (Å²) in [7, 11) is 0. The zero-order chi connectivity index (χ0) is 22.7. The van der Waals surface area contributed by atoms with Crippen LogP contribution in [0.2, 0.25) is 0 Å². The Hall–Kier alpha value is -3.71. The van der Waals surface area contributed by atoms with E-state index in [-0.39, 0.29) is 22.9 Å². The molecule has 1 unspecified atom stereocenters. The highest BCUT2D eigenvalue weighted by Gasteiger charge is 2.17. The Balaban J connectivity index is 1.55. The lowest BCUT2D eigenvalue weighted by Gasteiger charge is -2.14. The van der Waals surface area contributed by atoms with Crippen molar-refractivity contribution >= 4 is 38.8 Å². The van der Waals surface area contributed by atoms with Gasteiger partial charge in [-0.25, -0.2) is 9.59 Å². The molecule has 32 heavy (non-hydrogen) atoms. The lowest BCUT2D eigenvalue weighted by atomic mass is 10.1. The van der Waals surface area contributed by atoms with Crippen LogP contribution in [0.5, 0.6) is 5.75 Å². The van der Waals surface area contributed by atoms with Crippen molar-refractivity contribution in [3.63, 3.8) is 0 Å². The number of amides is 1. The number of ether oxygens (including phenoxy) is 1. The SMILES string of the molecule is CC(NC(=O)c1cc2ccc(OC(=O)c3cccc(Br)c3)cc2oc1=O)c1ccccc1. The molecule has 0 radical (unpaired) electrons. The fourth-order valence-electron chi connectivity index (χ4n) is 3.19. The first-order valence-electron chi connectivity index (χ1n) is 9.82. The largest absolute Gasteiger partial charge is 0.423 e. The van der Waals surface area contributed by atoms with Gasteiger partial charge in [0.2, 0.25) is 0 Å². The third kappa shape index (κ3) is 4.78. The summed E-state index contributed by atoms with van der Waals surface area (Å²) < 4.78 is 11.5. The normalized spacial score (nSPS) is 11.7. The van der Waals surface area contributed by atoms with Gasteiger partial charge in [-0.1, -0.05) is 52.3 Å². The number of nitrogens with one attached hydrogen (secondary N) is 1. The molecule has 0 aliphatic carbocycles. The number of carbonyl (C=O) groups is 2. The molecule has 0 saturated carbocycles. The van der Waals surface area contributed by atoms with Gasteiger partial charge in [0.15, 0.2) is 0 Å². The molecule has 0 aliphatic heterocycles. The van der Waals surface area contributed by atoms with Gasteiger partial charge in [0.1, 0.15) is 16.9 Å². The molecule has 0 spiro atoms. The molecule has 0 bridgehead atoms. The molecule has 1 heterocycles. The molecule has 3 aromatic carbocycles. The van der Waals surface area contributed by atoms with Gasteiger partial charge in [-0.05, 0) is 48.9 Å². The Morgan fingerprint density at radius 1 is 0.969 bits per heavy atom. The van der Waals surface area contributed by atoms with Crippen LogP contribution >= 0.6 is 15.9 Å². The fraction of sp³-hybridized carbons (Fsp3) is 0.0800. The molecule has 4 rings (SSSR count). The number of halogens is 1. The summed E-state index contributed by atoms with van der Waals surface area (Å²) in [5.41, 5.74) is 0.635. The van der Waals surface area contributed by atoms with Crippen LogP contribution in [0, 0.1) is 0 Å². The van der Waals surface area contributed by atoms with Crippen molar-refractivity contribution in [2.75, 3.05) is 0 Å². The van der Waals surface area contributed by atoms with Crippen molar-refractivity contribution in [3.8, 4) is 5.75 Å². The smallest absolute Gasteiger partial charge is 0.349 e. The second-order valence-corrected chi connectivity index (χ2v) is 8.07. The van der Waals surface area contributed by atoms with E-state index in [4.69, 9.17) is 9.15 Å². The molecular formula is C25H18BrNO5. The van der Waals surface area contributed by atoms with Gasteiger partial charge >= 0.3 is 11.6 Å². The lowest BCUT2D eigenvalue weighted by Crippen LogP contribution is -2.30. The van der Waals surface area contributed by atoms with Gasteiger partial charge in [-0.15, -0.1) is 0 Å². The van der Waals surface area contributed by atoms with Crippen LogP contribution in [0.15, 0.2) is 92.5 Å². The molecule has 1 amide bonds. The van der Waals surface area contributed by atoms with Crippen LogP contribution in [-0.2, 0) is 0 Å². The first kappa shape index (κ1) is 21.5. The maximum absolute atomic E-state index is 12.6. The van der Waals surface area contributed by atoms with Crippen LogP contribution in [0.4, 0.5) is 0 Å². The molecule has 4 aromatic rings. The minimum atomic E-state index is -0.772. The molecular weight excluding hydrogens is 474 g/mol. The maximum atomic E-state index is 12.6. The Kier molecular flexibility index (Phi) is 6.18. The second-order valence-electron chi connectivity index (χ2n) is 7.15. The third-order valence-corrected chi connectivity index (χ3v) is 5.36. The molecule has 0 aliphatic rings. The van der Waals surface area contributed by atoms with Crippen LogP contribution < -0.4 is 15.7 Å². The highest BCUT2D eigenvalue weighted by Crippen LogP contribution is 2.22. The Morgan fingerprint density at radius 3 is 2.50 bits per heavy atom. The van der Waals surface area contributed by atoms with Crippen molar-refractivity contribution in [3.05, 3.63) is 110 Å². The van der Waals surface area contributed by atoms with E-state index in [0.29, 0.717) is 10.9 Å². The van der Waals surface area contributed by atoms with Crippen molar-refractivity contribution in [2.45, 2.75) is 13.0 Å². The van der Waals surface area contributed by atoms with Crippen molar-refractivity contribution in [1.29, 1.82) is 0 Å². The highest BCUT2D eigenvalue weighted by atomic mass is 79.9. The minimum absolute atomic E-state index is 0.0980. The number of rotatable bonds is 5. The van der Waals surface area contributed by atoms with E-state index in [2.05, 4.69) is 21.2 Å². The van der Waals surface area contributed by atoms with Gasteiger partial charge < -0.3 is 14.5 Å². The molecule has 1 atom stereocenters. The van der Waals surface area contributed by atoms with Crippen LogP contribution in [0.3, 0.4) is 0 Å². The number of carbonyl (C=O) groups excluding carboxylic acids is 2. The average Bonchev–Trinajstić information content (AvgIpc) is 2.79. The van der Waals surface area contributed by atoms with E-state index >= 15 is 0 Å². The lowest BCUT2D eigenvalue weighted by molar-refractivity contribution is 0.0734. The molecule has 160 valence electrons. The van der Waals surface area contributed by atoms with Crippen LogP contribution in [-0.4, -0.2) is 11.9 Å². The molecule has 7 heteroatoms. The maximum Gasteiger partial charge on any atom is 0.349 e. The van der Waals surface area contributed by atoms with Gasteiger partial charge in [-0.3, -0.25) is 4.79 Å². The summed E-state index contributed by atoms with van der Waals surface area (Å²) in [6.45, 7) is 1.84. The number of hydrogen-bond acceptors (Lipinski definition) is 5. The Bertz CT molecular complexity index is 1360. The number of benzene rings is 3. The first-order chi connectivity index (χ1) is 15.4. The summed E-state index contributed by atoms with van der Waals surface area (Å²) in [6, 6.07) is 22.1. The summed E-state index contributed by atoms with van der Waals surface area (Å²) in [5.74, 6) is -0.846. The van der Waals surface area contributed by atoms with E-state index in [1.165, 1.54) is 12.1 Å². The Labute approximate surface area is 192 Å². The molecule has 0 saturated heterocycles. The Morgan fingerprint density at radius 2 is 1.75 bits per heavy atom. The topological polar surface area (TPSA) is 85.6 Å². The number of esters is 1. The quantitative estimate of drug-likeness (QED) is 0.233. The predicted octanol–water partition coefficient (Wildman–Crippen LogP) is 5.27. The third-order valence-electron chi connectivity index (χ3n) is 4.87. The van der Waals surface area contributed by atoms with Crippen LogP contribution in [0.1, 0.15) is 39.2 Å². The molecule has 1 N–H and O–H groups in total. The summed E-state index contributed by atoms with van der Waals surface area (Å²) >= 11 is 3.31. The van der Waals surface area contributed by atoms with E-state index in [1.807, 2.05) is 37.3 Å². The minimum Gasteiger partial charge on any atom is -0.423 e. The molecule has 6 nitrogen and oxygen atoms in total. The average molecular weight is 492 g/mol. The number of hydrogen-bond donors (Lipinski definition) is 1. The number of fused-ring (bicyclic) bond motifs is 1. The van der Waals surface area contributed by atoms with Gasteiger partial charge in [-0.2, -0.15) is 0 Å². The predicted molar refractivity (Wildman–Crippen MR) is 124 cm³/mol. The standard InChI is InChI=1S/C25H18BrNO5/c1-15(16-6-3-2-4-7-16)27-23(28)21-13-17-10-11-20(14-22(17)32-25(21)30)31-24(29)18-8-5-9-19(26)12-18/h2-15H,1H3,(H,27,28). The van der Waals surface area contributed by atoms with Crippen molar-refractivity contribution < 1.29 is 18.7 Å². The summed E-state index contributed by atoms with van der Waals surface area (Å²) in [5, 5.41) is 3.34. The van der Waals surface area contributed by atoms with E-state index in [9.17, 15) is 14.4 Å². The monoisotopic (exact) mass is 491 g/mol. The summed E-state index contributed by atoms with van der Waals surface area (Å²) in [4.78, 5) is 37.4. The summed E-state index contributed by atoms with van der Waals surface area (Å²) in [6.07, 6.45) is 0. The van der Waals surface area contributed by atoms with Crippen molar-refractivity contribution in [1.82, 2.24) is 5.32 Å². The zero-order valence-corrected chi connectivity index (χ0v) is 18.6. The van der Waals surface area contributed by atoms with E-state index in [1.54, 1.807) is 36.4 Å². The fourth-order valence-corrected chi connectivity index (χ4v) is 3.59. The molecule has 0 fully saturated rings. The highest BCUT2D eigenvalue weighted by molar-refractivity contribution is 9.10.